The van der Waals surface area contributed by atoms with E-state index in [9.17, 15) is 9.18 Å². The zero-order chi connectivity index (χ0) is 14.7. The summed E-state index contributed by atoms with van der Waals surface area (Å²) >= 11 is 0. The minimum atomic E-state index is -0.356. The third-order valence-corrected chi connectivity index (χ3v) is 3.80. The number of hydrogen-bond acceptors (Lipinski definition) is 3. The average Bonchev–Trinajstić information content (AvgIpc) is 2.99. The Morgan fingerprint density at radius 2 is 1.95 bits per heavy atom. The molecule has 0 atom stereocenters. The number of benzene rings is 1. The third kappa shape index (κ3) is 3.15. The lowest BCUT2D eigenvalue weighted by Gasteiger charge is -2.24. The van der Waals surface area contributed by atoms with Gasteiger partial charge in [0, 0.05) is 0 Å². The lowest BCUT2D eigenvalue weighted by atomic mass is 9.97. The van der Waals surface area contributed by atoms with Crippen molar-refractivity contribution in [2.45, 2.75) is 38.2 Å². The highest BCUT2D eigenvalue weighted by Crippen LogP contribution is 2.34. The summed E-state index contributed by atoms with van der Waals surface area (Å²) in [4.78, 5) is 10.7. The summed E-state index contributed by atoms with van der Waals surface area (Å²) in [6, 6.07) is 7.61. The van der Waals surface area contributed by atoms with Gasteiger partial charge in [0.1, 0.15) is 17.3 Å². The van der Waals surface area contributed by atoms with Crippen molar-refractivity contribution in [2.24, 2.45) is 0 Å². The van der Waals surface area contributed by atoms with Gasteiger partial charge in [-0.2, -0.15) is 0 Å². The Labute approximate surface area is 122 Å². The fourth-order valence-electron chi connectivity index (χ4n) is 2.72. The fraction of sp³-hybridized carbons (Fsp3) is 0.353. The molecule has 110 valence electrons. The summed E-state index contributed by atoms with van der Waals surface area (Å²) < 4.78 is 24.9. The molecule has 1 fully saturated rings. The lowest BCUT2D eigenvalue weighted by Crippen LogP contribution is -2.19. The van der Waals surface area contributed by atoms with Crippen molar-refractivity contribution in [3.8, 4) is 17.1 Å². The van der Waals surface area contributed by atoms with Crippen LogP contribution in [0.4, 0.5) is 4.39 Å². The van der Waals surface area contributed by atoms with Crippen molar-refractivity contribution in [1.29, 1.82) is 0 Å². The maximum Gasteiger partial charge on any atom is 0.185 e. The molecule has 0 N–H and O–H groups in total. The molecule has 0 radical (unpaired) electrons. The summed E-state index contributed by atoms with van der Waals surface area (Å²) in [6.07, 6.45) is 6.42. The number of carbonyl (C=O) groups is 1. The molecule has 1 aromatic carbocycles. The number of aldehydes is 1. The molecule has 3 nitrogen and oxygen atoms in total. The standard InChI is InChI=1S/C17H17FO3/c18-12-6-8-16(20-13-4-2-1-3-5-13)15(10-12)17-9-7-14(11-19)21-17/h6-11,13H,1-5H2. The van der Waals surface area contributed by atoms with Gasteiger partial charge >= 0.3 is 0 Å². The van der Waals surface area contributed by atoms with Gasteiger partial charge in [-0.05, 0) is 56.0 Å². The Bertz CT molecular complexity index is 627. The van der Waals surface area contributed by atoms with E-state index in [0.717, 1.165) is 25.7 Å². The summed E-state index contributed by atoms with van der Waals surface area (Å²) in [6.45, 7) is 0. The molecule has 2 aromatic rings. The van der Waals surface area contributed by atoms with Crippen LogP contribution in [0, 0.1) is 5.82 Å². The second-order valence-corrected chi connectivity index (χ2v) is 5.34. The van der Waals surface area contributed by atoms with Crippen molar-refractivity contribution in [3.63, 3.8) is 0 Å². The SMILES string of the molecule is O=Cc1ccc(-c2cc(F)ccc2OC2CCCCC2)o1. The van der Waals surface area contributed by atoms with Gasteiger partial charge < -0.3 is 9.15 Å². The number of furan rings is 1. The smallest absolute Gasteiger partial charge is 0.185 e. The minimum absolute atomic E-state index is 0.170. The first-order valence-electron chi connectivity index (χ1n) is 7.28. The predicted octanol–water partition coefficient (Wildman–Crippen LogP) is 4.61. The van der Waals surface area contributed by atoms with Crippen LogP contribution in [0.25, 0.3) is 11.3 Å². The van der Waals surface area contributed by atoms with E-state index in [0.29, 0.717) is 23.4 Å². The number of carbonyl (C=O) groups excluding carboxylic acids is 1. The van der Waals surface area contributed by atoms with Crippen molar-refractivity contribution < 1.29 is 18.3 Å². The maximum absolute atomic E-state index is 13.5. The molecule has 21 heavy (non-hydrogen) atoms. The molecule has 1 aromatic heterocycles. The van der Waals surface area contributed by atoms with Crippen molar-refractivity contribution in [1.82, 2.24) is 0 Å². The highest BCUT2D eigenvalue weighted by Gasteiger charge is 2.18. The lowest BCUT2D eigenvalue weighted by molar-refractivity contribution is 0.110. The van der Waals surface area contributed by atoms with E-state index in [1.54, 1.807) is 18.2 Å². The molecular weight excluding hydrogens is 271 g/mol. The van der Waals surface area contributed by atoms with Crippen LogP contribution in [0.3, 0.4) is 0 Å². The largest absolute Gasteiger partial charge is 0.490 e. The predicted molar refractivity (Wildman–Crippen MR) is 77.0 cm³/mol. The zero-order valence-electron chi connectivity index (χ0n) is 11.7. The van der Waals surface area contributed by atoms with E-state index in [4.69, 9.17) is 9.15 Å². The van der Waals surface area contributed by atoms with Crippen LogP contribution >= 0.6 is 0 Å². The molecule has 0 unspecified atom stereocenters. The molecule has 0 aliphatic heterocycles. The zero-order valence-corrected chi connectivity index (χ0v) is 11.7. The quantitative estimate of drug-likeness (QED) is 0.771. The Morgan fingerprint density at radius 1 is 1.14 bits per heavy atom. The molecule has 0 saturated heterocycles. The first kappa shape index (κ1) is 13.9. The van der Waals surface area contributed by atoms with Crippen LogP contribution in [0.15, 0.2) is 34.7 Å². The molecule has 1 heterocycles. The molecular formula is C17H17FO3. The van der Waals surface area contributed by atoms with E-state index in [1.165, 1.54) is 18.6 Å². The van der Waals surface area contributed by atoms with Crippen molar-refractivity contribution in [2.75, 3.05) is 0 Å². The molecule has 0 amide bonds. The van der Waals surface area contributed by atoms with Crippen LogP contribution < -0.4 is 4.74 Å². The number of rotatable bonds is 4. The number of hydrogen-bond donors (Lipinski definition) is 0. The molecule has 0 bridgehead atoms. The number of ether oxygens (including phenoxy) is 1. The normalized spacial score (nSPS) is 15.9. The number of halogens is 1. The third-order valence-electron chi connectivity index (χ3n) is 3.80. The minimum Gasteiger partial charge on any atom is -0.490 e. The summed E-state index contributed by atoms with van der Waals surface area (Å²) in [5, 5.41) is 0. The van der Waals surface area contributed by atoms with Crippen LogP contribution in [0.5, 0.6) is 5.75 Å². The molecule has 1 saturated carbocycles. The summed E-state index contributed by atoms with van der Waals surface area (Å²) in [5.74, 6) is 0.917. The first-order valence-corrected chi connectivity index (χ1v) is 7.28. The maximum atomic E-state index is 13.5. The van der Waals surface area contributed by atoms with Gasteiger partial charge in [-0.1, -0.05) is 6.42 Å². The Kier molecular flexibility index (Phi) is 4.04. The van der Waals surface area contributed by atoms with Crippen molar-refractivity contribution in [3.05, 3.63) is 41.9 Å². The van der Waals surface area contributed by atoms with Crippen molar-refractivity contribution >= 4 is 6.29 Å². The summed E-state index contributed by atoms with van der Waals surface area (Å²) in [7, 11) is 0. The Morgan fingerprint density at radius 3 is 2.67 bits per heavy atom. The van der Waals surface area contributed by atoms with Crippen LogP contribution in [0.2, 0.25) is 0 Å². The Balaban J connectivity index is 1.90. The van der Waals surface area contributed by atoms with Gasteiger partial charge in [-0.25, -0.2) is 4.39 Å². The topological polar surface area (TPSA) is 39.4 Å². The van der Waals surface area contributed by atoms with Gasteiger partial charge in [0.25, 0.3) is 0 Å². The van der Waals surface area contributed by atoms with Crippen LogP contribution in [-0.4, -0.2) is 12.4 Å². The van der Waals surface area contributed by atoms with Crippen LogP contribution in [-0.2, 0) is 0 Å². The highest BCUT2D eigenvalue weighted by molar-refractivity contribution is 5.74. The van der Waals surface area contributed by atoms with E-state index in [-0.39, 0.29) is 17.7 Å². The van der Waals surface area contributed by atoms with Gasteiger partial charge in [0.2, 0.25) is 0 Å². The van der Waals surface area contributed by atoms with Gasteiger partial charge in [0.05, 0.1) is 11.7 Å². The van der Waals surface area contributed by atoms with E-state index in [1.807, 2.05) is 0 Å². The van der Waals surface area contributed by atoms with Gasteiger partial charge in [0.15, 0.2) is 12.0 Å². The first-order chi connectivity index (χ1) is 10.3. The molecule has 4 heteroatoms. The monoisotopic (exact) mass is 288 g/mol. The van der Waals surface area contributed by atoms with E-state index >= 15 is 0 Å². The highest BCUT2D eigenvalue weighted by atomic mass is 19.1. The molecule has 0 spiro atoms. The second kappa shape index (κ2) is 6.12. The van der Waals surface area contributed by atoms with E-state index in [2.05, 4.69) is 0 Å². The van der Waals surface area contributed by atoms with Gasteiger partial charge in [-0.3, -0.25) is 4.79 Å². The van der Waals surface area contributed by atoms with E-state index < -0.39 is 0 Å². The molecule has 3 rings (SSSR count). The average molecular weight is 288 g/mol. The van der Waals surface area contributed by atoms with Gasteiger partial charge in [-0.15, -0.1) is 0 Å². The molecule has 1 aliphatic rings. The Hall–Kier alpha value is -2.10. The van der Waals surface area contributed by atoms with Crippen LogP contribution in [0.1, 0.15) is 42.7 Å². The second-order valence-electron chi connectivity index (χ2n) is 5.34. The fourth-order valence-corrected chi connectivity index (χ4v) is 2.72. The molecule has 1 aliphatic carbocycles. The summed E-state index contributed by atoms with van der Waals surface area (Å²) in [5.41, 5.74) is 0.550.